The van der Waals surface area contributed by atoms with Gasteiger partial charge in [0.1, 0.15) is 5.82 Å². The minimum atomic E-state index is -0.185. The van der Waals surface area contributed by atoms with Crippen molar-refractivity contribution in [3.63, 3.8) is 0 Å². The molecule has 0 radical (unpaired) electrons. The Kier molecular flexibility index (Phi) is 6.92. The zero-order valence-electron chi connectivity index (χ0n) is 17.1. The van der Waals surface area contributed by atoms with Crippen LogP contribution in [0, 0.1) is 11.7 Å². The molecule has 5 nitrogen and oxygen atoms in total. The molecule has 2 aliphatic rings. The highest BCUT2D eigenvalue weighted by molar-refractivity contribution is 5.80. The molecule has 1 aliphatic carbocycles. The van der Waals surface area contributed by atoms with Crippen LogP contribution in [-0.4, -0.2) is 50.0 Å². The fraction of sp³-hybridized carbons (Fsp3) is 0.636. The van der Waals surface area contributed by atoms with Gasteiger partial charge in [0.15, 0.2) is 5.96 Å². The number of hydrogen-bond acceptors (Lipinski definition) is 2. The van der Waals surface area contributed by atoms with Crippen molar-refractivity contribution in [1.82, 2.24) is 15.5 Å². The number of piperidine rings is 1. The minimum Gasteiger partial charge on any atom is -0.359 e. The minimum absolute atomic E-state index is 0.0475. The van der Waals surface area contributed by atoms with Gasteiger partial charge in [-0.05, 0) is 56.2 Å². The van der Waals surface area contributed by atoms with Crippen LogP contribution in [0.1, 0.15) is 51.0 Å². The smallest absolute Gasteiger partial charge is 0.220 e. The highest BCUT2D eigenvalue weighted by Gasteiger charge is 2.38. The van der Waals surface area contributed by atoms with Gasteiger partial charge in [-0.25, -0.2) is 4.39 Å². The highest BCUT2D eigenvalue weighted by atomic mass is 19.1. The Bertz CT molecular complexity index is 676. The maximum absolute atomic E-state index is 13.3. The van der Waals surface area contributed by atoms with Gasteiger partial charge in [0, 0.05) is 38.5 Å². The fourth-order valence-electron chi connectivity index (χ4n) is 4.31. The summed E-state index contributed by atoms with van der Waals surface area (Å²) in [5, 5.41) is 6.16. The van der Waals surface area contributed by atoms with Gasteiger partial charge in [-0.1, -0.05) is 18.6 Å². The zero-order valence-corrected chi connectivity index (χ0v) is 17.1. The molecule has 28 heavy (non-hydrogen) atoms. The van der Waals surface area contributed by atoms with Gasteiger partial charge < -0.3 is 15.5 Å². The Labute approximate surface area is 167 Å². The average molecular weight is 389 g/mol. The summed E-state index contributed by atoms with van der Waals surface area (Å²) in [7, 11) is 1.70. The molecule has 1 saturated heterocycles. The van der Waals surface area contributed by atoms with Crippen molar-refractivity contribution in [3.8, 4) is 0 Å². The van der Waals surface area contributed by atoms with E-state index in [2.05, 4.69) is 22.5 Å². The third-order valence-electron chi connectivity index (χ3n) is 6.30. The van der Waals surface area contributed by atoms with Crippen LogP contribution < -0.4 is 10.6 Å². The molecule has 0 bridgehead atoms. The third kappa shape index (κ3) is 4.83. The summed E-state index contributed by atoms with van der Waals surface area (Å²) in [6, 6.07) is 6.95. The molecule has 2 fully saturated rings. The van der Waals surface area contributed by atoms with Crippen LogP contribution >= 0.6 is 0 Å². The van der Waals surface area contributed by atoms with E-state index in [0.717, 1.165) is 57.8 Å². The van der Waals surface area contributed by atoms with Gasteiger partial charge >= 0.3 is 0 Å². The summed E-state index contributed by atoms with van der Waals surface area (Å²) in [5.74, 6) is 1.37. The molecule has 1 aliphatic heterocycles. The maximum atomic E-state index is 13.3. The topological polar surface area (TPSA) is 56.7 Å². The molecule has 1 saturated carbocycles. The number of benzene rings is 1. The number of rotatable bonds is 6. The lowest BCUT2D eigenvalue weighted by atomic mass is 9.64. The Hall–Kier alpha value is -2.11. The van der Waals surface area contributed by atoms with E-state index in [-0.39, 0.29) is 17.1 Å². The second-order valence-corrected chi connectivity index (χ2v) is 8.12. The Morgan fingerprint density at radius 3 is 2.46 bits per heavy atom. The van der Waals surface area contributed by atoms with Crippen molar-refractivity contribution in [2.24, 2.45) is 10.9 Å². The standard InChI is InChI=1S/C22H33FN4O/c1-3-25-21(27-13-9-17(10-14-27)15-20(28)24-2)26-16-22(11-4-12-22)18-5-7-19(23)8-6-18/h5-8,17H,3-4,9-16H2,1-2H3,(H,24,28)(H,25,26). The SMILES string of the molecule is CCNC(=NCC1(c2ccc(F)cc2)CCC1)N1CCC(CC(=O)NC)CC1. The largest absolute Gasteiger partial charge is 0.359 e. The monoisotopic (exact) mass is 388 g/mol. The van der Waals surface area contributed by atoms with Crippen LogP contribution in [0.15, 0.2) is 29.3 Å². The predicted octanol–water partition coefficient (Wildman–Crippen LogP) is 3.06. The van der Waals surface area contributed by atoms with Crippen molar-refractivity contribution >= 4 is 11.9 Å². The van der Waals surface area contributed by atoms with E-state index in [1.165, 1.54) is 12.0 Å². The summed E-state index contributed by atoms with van der Waals surface area (Å²) in [6.07, 6.45) is 6.06. The molecule has 0 aromatic heterocycles. The number of nitrogens with one attached hydrogen (secondary N) is 2. The molecule has 3 rings (SSSR count). The number of guanidine groups is 1. The molecule has 6 heteroatoms. The summed E-state index contributed by atoms with van der Waals surface area (Å²) >= 11 is 0. The lowest BCUT2D eigenvalue weighted by molar-refractivity contribution is -0.121. The maximum Gasteiger partial charge on any atom is 0.220 e. The first-order valence-electron chi connectivity index (χ1n) is 10.6. The number of nitrogens with zero attached hydrogens (tertiary/aromatic N) is 2. The van der Waals surface area contributed by atoms with Crippen LogP contribution in [0.5, 0.6) is 0 Å². The number of carbonyl (C=O) groups excluding carboxylic acids is 1. The van der Waals surface area contributed by atoms with Crippen molar-refractivity contribution in [1.29, 1.82) is 0 Å². The van der Waals surface area contributed by atoms with Crippen molar-refractivity contribution in [2.45, 2.75) is 50.9 Å². The molecular formula is C22H33FN4O. The van der Waals surface area contributed by atoms with Gasteiger partial charge in [0.25, 0.3) is 0 Å². The Morgan fingerprint density at radius 1 is 1.25 bits per heavy atom. The molecule has 0 unspecified atom stereocenters. The average Bonchev–Trinajstić information content (AvgIpc) is 2.68. The first-order valence-corrected chi connectivity index (χ1v) is 10.6. The van der Waals surface area contributed by atoms with E-state index >= 15 is 0 Å². The van der Waals surface area contributed by atoms with Crippen molar-refractivity contribution in [2.75, 3.05) is 33.2 Å². The van der Waals surface area contributed by atoms with Gasteiger partial charge in [-0.15, -0.1) is 0 Å². The normalized spacial score (nSPS) is 19.8. The molecule has 0 spiro atoms. The molecular weight excluding hydrogens is 355 g/mol. The molecule has 154 valence electrons. The van der Waals surface area contributed by atoms with Crippen molar-refractivity contribution < 1.29 is 9.18 Å². The Balaban J connectivity index is 1.64. The summed E-state index contributed by atoms with van der Waals surface area (Å²) in [4.78, 5) is 18.9. The highest BCUT2D eigenvalue weighted by Crippen LogP contribution is 2.44. The molecule has 2 N–H and O–H groups in total. The summed E-state index contributed by atoms with van der Waals surface area (Å²) < 4.78 is 13.3. The lowest BCUT2D eigenvalue weighted by Gasteiger charge is -2.42. The van der Waals surface area contributed by atoms with Crippen LogP contribution in [0.2, 0.25) is 0 Å². The molecule has 1 heterocycles. The van der Waals surface area contributed by atoms with E-state index in [4.69, 9.17) is 4.99 Å². The third-order valence-corrected chi connectivity index (χ3v) is 6.30. The van der Waals surface area contributed by atoms with E-state index in [1.54, 1.807) is 19.2 Å². The predicted molar refractivity (Wildman–Crippen MR) is 111 cm³/mol. The number of halogens is 1. The number of hydrogen-bond donors (Lipinski definition) is 2. The Morgan fingerprint density at radius 2 is 1.93 bits per heavy atom. The van der Waals surface area contributed by atoms with Crippen LogP contribution in [0.25, 0.3) is 0 Å². The quantitative estimate of drug-likeness (QED) is 0.582. The number of aliphatic imine (C=N–C) groups is 1. The van der Waals surface area contributed by atoms with Crippen molar-refractivity contribution in [3.05, 3.63) is 35.6 Å². The molecule has 1 aromatic rings. The van der Waals surface area contributed by atoms with Gasteiger partial charge in [0.05, 0.1) is 6.54 Å². The van der Waals surface area contributed by atoms with E-state index in [0.29, 0.717) is 12.3 Å². The zero-order chi connectivity index (χ0) is 20.0. The van der Waals surface area contributed by atoms with E-state index < -0.39 is 0 Å². The fourth-order valence-corrected chi connectivity index (χ4v) is 4.31. The first-order chi connectivity index (χ1) is 13.6. The van der Waals surface area contributed by atoms with Gasteiger partial charge in [-0.3, -0.25) is 9.79 Å². The first kappa shape index (κ1) is 20.6. The molecule has 1 aromatic carbocycles. The summed E-state index contributed by atoms with van der Waals surface area (Å²) in [5.41, 5.74) is 1.25. The number of carbonyl (C=O) groups is 1. The second-order valence-electron chi connectivity index (χ2n) is 8.12. The van der Waals surface area contributed by atoms with Gasteiger partial charge in [-0.2, -0.15) is 0 Å². The lowest BCUT2D eigenvalue weighted by Crippen LogP contribution is -2.47. The van der Waals surface area contributed by atoms with Gasteiger partial charge in [0.2, 0.25) is 5.91 Å². The van der Waals surface area contributed by atoms with E-state index in [1.807, 2.05) is 12.1 Å². The summed E-state index contributed by atoms with van der Waals surface area (Å²) in [6.45, 7) is 5.51. The second kappa shape index (κ2) is 9.39. The van der Waals surface area contributed by atoms with Crippen LogP contribution in [0.3, 0.4) is 0 Å². The molecule has 1 amide bonds. The number of likely N-dealkylation sites (tertiary alicyclic amines) is 1. The molecule has 0 atom stereocenters. The van der Waals surface area contributed by atoms with Crippen LogP contribution in [0.4, 0.5) is 4.39 Å². The van der Waals surface area contributed by atoms with E-state index in [9.17, 15) is 9.18 Å². The van der Waals surface area contributed by atoms with Crippen LogP contribution in [-0.2, 0) is 10.2 Å². The number of amides is 1.